The summed E-state index contributed by atoms with van der Waals surface area (Å²) in [5.41, 5.74) is 0.958. The van der Waals surface area contributed by atoms with Gasteiger partial charge in [0.2, 0.25) is 5.91 Å². The molecule has 21 heavy (non-hydrogen) atoms. The number of carbonyl (C=O) groups is 1. The van der Waals surface area contributed by atoms with Crippen LogP contribution in [0.3, 0.4) is 0 Å². The fraction of sp³-hybridized carbons (Fsp3) is 0.429. The van der Waals surface area contributed by atoms with E-state index in [4.69, 9.17) is 0 Å². The van der Waals surface area contributed by atoms with Crippen molar-refractivity contribution < 1.29 is 9.90 Å². The number of rotatable bonds is 3. The number of amides is 1. The van der Waals surface area contributed by atoms with Gasteiger partial charge >= 0.3 is 0 Å². The SMILES string of the molecule is Cc1ccccc1[C@]1(O)CCN(C(=O)Cn2cnnn2)C1. The van der Waals surface area contributed by atoms with E-state index in [0.29, 0.717) is 19.5 Å². The van der Waals surface area contributed by atoms with Crippen molar-refractivity contribution in [1.82, 2.24) is 25.1 Å². The Morgan fingerprint density at radius 3 is 2.95 bits per heavy atom. The minimum atomic E-state index is -0.971. The Hall–Kier alpha value is -2.28. The van der Waals surface area contributed by atoms with Gasteiger partial charge in [0.25, 0.3) is 0 Å². The number of aliphatic hydroxyl groups is 1. The van der Waals surface area contributed by atoms with Gasteiger partial charge in [-0.05, 0) is 34.9 Å². The van der Waals surface area contributed by atoms with E-state index in [-0.39, 0.29) is 12.5 Å². The number of hydrogen-bond acceptors (Lipinski definition) is 5. The standard InChI is InChI=1S/C14H17N5O2/c1-11-4-2-3-5-12(11)14(21)6-7-18(9-14)13(20)8-19-10-15-16-17-19/h2-5,10,21H,6-9H2,1H3/t14-/m0/s1. The molecule has 7 heteroatoms. The molecule has 0 unspecified atom stereocenters. The summed E-state index contributed by atoms with van der Waals surface area (Å²) in [6, 6.07) is 7.74. The van der Waals surface area contributed by atoms with Crippen molar-refractivity contribution in [2.24, 2.45) is 0 Å². The molecule has 1 aromatic carbocycles. The number of β-amino-alcohol motifs (C(OH)–C–C–N with tert-alkyl or cyclic N) is 1. The van der Waals surface area contributed by atoms with Crippen molar-refractivity contribution in [3.8, 4) is 0 Å². The first-order chi connectivity index (χ1) is 10.1. The zero-order valence-electron chi connectivity index (χ0n) is 11.8. The molecule has 7 nitrogen and oxygen atoms in total. The highest BCUT2D eigenvalue weighted by atomic mass is 16.3. The highest BCUT2D eigenvalue weighted by molar-refractivity contribution is 5.76. The zero-order chi connectivity index (χ0) is 14.9. The number of hydrogen-bond donors (Lipinski definition) is 1. The summed E-state index contributed by atoms with van der Waals surface area (Å²) in [6.45, 7) is 2.90. The number of aryl methyl sites for hydroxylation is 1. The van der Waals surface area contributed by atoms with Gasteiger partial charge in [-0.3, -0.25) is 4.79 Å². The minimum absolute atomic E-state index is 0.0909. The van der Waals surface area contributed by atoms with Gasteiger partial charge in [0.1, 0.15) is 18.5 Å². The Labute approximate surface area is 122 Å². The summed E-state index contributed by atoms with van der Waals surface area (Å²) >= 11 is 0. The van der Waals surface area contributed by atoms with Crippen LogP contribution in [0.1, 0.15) is 17.5 Å². The predicted molar refractivity (Wildman–Crippen MR) is 74.1 cm³/mol. The van der Waals surface area contributed by atoms with E-state index in [2.05, 4.69) is 15.5 Å². The largest absolute Gasteiger partial charge is 0.383 e. The summed E-state index contributed by atoms with van der Waals surface area (Å²) in [6.07, 6.45) is 1.95. The molecular formula is C14H17N5O2. The number of benzene rings is 1. The maximum Gasteiger partial charge on any atom is 0.244 e. The summed E-state index contributed by atoms with van der Waals surface area (Å²) in [4.78, 5) is 13.9. The van der Waals surface area contributed by atoms with Gasteiger partial charge in [-0.2, -0.15) is 0 Å². The zero-order valence-corrected chi connectivity index (χ0v) is 11.8. The number of carbonyl (C=O) groups excluding carboxylic acids is 1. The Morgan fingerprint density at radius 2 is 2.24 bits per heavy atom. The molecule has 1 saturated heterocycles. The van der Waals surface area contributed by atoms with Crippen LogP contribution in [0.2, 0.25) is 0 Å². The lowest BCUT2D eigenvalue weighted by molar-refractivity contribution is -0.132. The summed E-state index contributed by atoms with van der Waals surface area (Å²) in [7, 11) is 0. The van der Waals surface area contributed by atoms with Gasteiger partial charge in [0.15, 0.2) is 0 Å². The van der Waals surface area contributed by atoms with Crippen molar-refractivity contribution in [3.63, 3.8) is 0 Å². The second-order valence-corrected chi connectivity index (χ2v) is 5.42. The molecule has 3 rings (SSSR count). The van der Waals surface area contributed by atoms with Gasteiger partial charge < -0.3 is 10.0 Å². The predicted octanol–water partition coefficient (Wildman–Crippen LogP) is 0.102. The lowest BCUT2D eigenvalue weighted by atomic mass is 9.89. The van der Waals surface area contributed by atoms with E-state index in [1.807, 2.05) is 31.2 Å². The van der Waals surface area contributed by atoms with Gasteiger partial charge in [-0.15, -0.1) is 5.10 Å². The van der Waals surface area contributed by atoms with Crippen molar-refractivity contribution >= 4 is 5.91 Å². The third-order valence-electron chi connectivity index (χ3n) is 3.94. The minimum Gasteiger partial charge on any atom is -0.383 e. The van der Waals surface area contributed by atoms with Crippen LogP contribution < -0.4 is 0 Å². The Kier molecular flexibility index (Phi) is 3.42. The second-order valence-electron chi connectivity index (χ2n) is 5.42. The molecule has 2 heterocycles. The van der Waals surface area contributed by atoms with Crippen LogP contribution >= 0.6 is 0 Å². The quantitative estimate of drug-likeness (QED) is 0.865. The van der Waals surface area contributed by atoms with Crippen LogP contribution in [0.4, 0.5) is 0 Å². The molecular weight excluding hydrogens is 270 g/mol. The van der Waals surface area contributed by atoms with Crippen LogP contribution in [0.25, 0.3) is 0 Å². The maximum atomic E-state index is 12.2. The van der Waals surface area contributed by atoms with Gasteiger partial charge in [0, 0.05) is 6.54 Å². The molecule has 1 amide bonds. The molecule has 1 fully saturated rings. The van der Waals surface area contributed by atoms with Crippen LogP contribution in [-0.4, -0.2) is 49.2 Å². The molecule has 1 aliphatic heterocycles. The molecule has 0 aliphatic carbocycles. The third kappa shape index (κ3) is 2.64. The smallest absolute Gasteiger partial charge is 0.244 e. The lowest BCUT2D eigenvalue weighted by Gasteiger charge is -2.25. The Bertz CT molecular complexity index is 643. The lowest BCUT2D eigenvalue weighted by Crippen LogP contribution is -2.36. The van der Waals surface area contributed by atoms with Crippen molar-refractivity contribution in [3.05, 3.63) is 41.7 Å². The molecule has 1 aromatic heterocycles. The van der Waals surface area contributed by atoms with Crippen LogP contribution in [-0.2, 0) is 16.9 Å². The van der Waals surface area contributed by atoms with Gasteiger partial charge in [0.05, 0.1) is 6.54 Å². The summed E-state index contributed by atoms with van der Waals surface area (Å²) in [5, 5.41) is 21.5. The van der Waals surface area contributed by atoms with Crippen molar-refractivity contribution in [2.75, 3.05) is 13.1 Å². The highest BCUT2D eigenvalue weighted by Gasteiger charge is 2.40. The Morgan fingerprint density at radius 1 is 1.43 bits per heavy atom. The number of aromatic nitrogens is 4. The average Bonchev–Trinajstić information content (AvgIpc) is 3.09. The van der Waals surface area contributed by atoms with E-state index in [1.54, 1.807) is 4.90 Å². The van der Waals surface area contributed by atoms with E-state index in [0.717, 1.165) is 11.1 Å². The summed E-state index contributed by atoms with van der Waals surface area (Å²) in [5.74, 6) is -0.0909. The fourth-order valence-corrected chi connectivity index (χ4v) is 2.81. The average molecular weight is 287 g/mol. The molecule has 1 aliphatic rings. The highest BCUT2D eigenvalue weighted by Crippen LogP contribution is 2.33. The van der Waals surface area contributed by atoms with E-state index < -0.39 is 5.60 Å². The molecule has 2 aromatic rings. The van der Waals surface area contributed by atoms with E-state index in [1.165, 1.54) is 11.0 Å². The van der Waals surface area contributed by atoms with Crippen LogP contribution in [0, 0.1) is 6.92 Å². The number of likely N-dealkylation sites (tertiary alicyclic amines) is 1. The molecule has 1 N–H and O–H groups in total. The van der Waals surface area contributed by atoms with Crippen molar-refractivity contribution in [2.45, 2.75) is 25.5 Å². The van der Waals surface area contributed by atoms with Gasteiger partial charge in [-0.25, -0.2) is 4.68 Å². The molecule has 0 bridgehead atoms. The van der Waals surface area contributed by atoms with E-state index in [9.17, 15) is 9.90 Å². The molecule has 0 spiro atoms. The first-order valence-corrected chi connectivity index (χ1v) is 6.85. The first-order valence-electron chi connectivity index (χ1n) is 6.85. The van der Waals surface area contributed by atoms with E-state index >= 15 is 0 Å². The molecule has 1 atom stereocenters. The fourth-order valence-electron chi connectivity index (χ4n) is 2.81. The first kappa shape index (κ1) is 13.7. The van der Waals surface area contributed by atoms with Crippen LogP contribution in [0.5, 0.6) is 0 Å². The monoisotopic (exact) mass is 287 g/mol. The normalized spacial score (nSPS) is 21.7. The van der Waals surface area contributed by atoms with Crippen molar-refractivity contribution in [1.29, 1.82) is 0 Å². The molecule has 0 radical (unpaired) electrons. The number of tetrazole rings is 1. The van der Waals surface area contributed by atoms with Gasteiger partial charge in [-0.1, -0.05) is 24.3 Å². The second kappa shape index (κ2) is 5.25. The summed E-state index contributed by atoms with van der Waals surface area (Å²) < 4.78 is 1.38. The third-order valence-corrected chi connectivity index (χ3v) is 3.94. The van der Waals surface area contributed by atoms with Crippen LogP contribution in [0.15, 0.2) is 30.6 Å². The molecule has 0 saturated carbocycles. The maximum absolute atomic E-state index is 12.2. The topological polar surface area (TPSA) is 84.1 Å². The number of nitrogens with zero attached hydrogens (tertiary/aromatic N) is 5. The molecule has 110 valence electrons. The Balaban J connectivity index is 1.73.